The van der Waals surface area contributed by atoms with Crippen molar-refractivity contribution in [2.45, 2.75) is 4.90 Å². The highest BCUT2D eigenvalue weighted by molar-refractivity contribution is 7.93. The fourth-order valence-corrected chi connectivity index (χ4v) is 5.95. The summed E-state index contributed by atoms with van der Waals surface area (Å²) in [6.07, 6.45) is 0. The van der Waals surface area contributed by atoms with Crippen molar-refractivity contribution in [3.8, 4) is 11.3 Å². The molecule has 0 radical (unpaired) electrons. The summed E-state index contributed by atoms with van der Waals surface area (Å²) in [5.74, 6) is 0. The molecule has 0 aliphatic rings. The number of nitrogens with zero attached hydrogens (tertiary/aromatic N) is 2. The van der Waals surface area contributed by atoms with E-state index in [1.54, 1.807) is 18.2 Å². The molecule has 0 saturated carbocycles. The van der Waals surface area contributed by atoms with Crippen molar-refractivity contribution < 1.29 is 8.42 Å². The molecule has 0 aliphatic carbocycles. The fraction of sp³-hybridized carbons (Fsp3) is 0.269. The quantitative estimate of drug-likeness (QED) is 0.208. The van der Waals surface area contributed by atoms with E-state index in [-0.39, 0.29) is 4.90 Å². The molecule has 0 spiro atoms. The van der Waals surface area contributed by atoms with E-state index in [1.807, 2.05) is 73.9 Å². The van der Waals surface area contributed by atoms with Crippen LogP contribution in [-0.4, -0.2) is 60.7 Å². The number of thiazole rings is 1. The van der Waals surface area contributed by atoms with E-state index in [9.17, 15) is 8.42 Å². The van der Waals surface area contributed by atoms with Gasteiger partial charge in [0.25, 0.3) is 10.0 Å². The predicted octanol–water partition coefficient (Wildman–Crippen LogP) is 4.05. The van der Waals surface area contributed by atoms with Gasteiger partial charge in [-0.25, -0.2) is 13.4 Å². The Morgan fingerprint density at radius 1 is 0.917 bits per heavy atom. The molecule has 0 aliphatic heterocycles. The van der Waals surface area contributed by atoms with Gasteiger partial charge in [0.15, 0.2) is 5.13 Å². The average molecular weight is 525 g/mol. The van der Waals surface area contributed by atoms with Gasteiger partial charge in [-0.05, 0) is 31.3 Å². The summed E-state index contributed by atoms with van der Waals surface area (Å²) in [5, 5.41) is 14.1. The Hall–Kier alpha value is -3.18. The monoisotopic (exact) mass is 524 g/mol. The number of anilines is 3. The lowest BCUT2D eigenvalue weighted by Crippen LogP contribution is -2.28. The van der Waals surface area contributed by atoms with Crippen molar-refractivity contribution >= 4 is 48.6 Å². The highest BCUT2D eigenvalue weighted by Gasteiger charge is 2.19. The number of fused-ring (bicyclic) bond motifs is 1. The second kappa shape index (κ2) is 11.7. The second-order valence-corrected chi connectivity index (χ2v) is 11.0. The van der Waals surface area contributed by atoms with Gasteiger partial charge in [-0.15, -0.1) is 11.3 Å². The molecule has 0 fully saturated rings. The summed E-state index contributed by atoms with van der Waals surface area (Å²) in [5.41, 5.74) is 3.10. The molecule has 8 nitrogen and oxygen atoms in total. The number of aromatic nitrogens is 1. The van der Waals surface area contributed by atoms with Crippen LogP contribution in [0.15, 0.2) is 70.9 Å². The van der Waals surface area contributed by atoms with Crippen LogP contribution in [0.5, 0.6) is 0 Å². The van der Waals surface area contributed by atoms with E-state index in [0.717, 1.165) is 53.6 Å². The first-order chi connectivity index (χ1) is 17.4. The SMILES string of the molecule is CNCCNCCNc1nc(-c2cccc(NS(=O)(=O)c3cccc4c(N(C)C)cccc34)c2)cs1. The van der Waals surface area contributed by atoms with Gasteiger partial charge < -0.3 is 20.9 Å². The minimum atomic E-state index is -3.81. The van der Waals surface area contributed by atoms with Gasteiger partial charge in [0.05, 0.1) is 10.6 Å². The van der Waals surface area contributed by atoms with Crippen molar-refractivity contribution in [3.63, 3.8) is 0 Å². The minimum Gasteiger partial charge on any atom is -0.377 e. The molecule has 1 heterocycles. The van der Waals surface area contributed by atoms with Crippen molar-refractivity contribution in [2.75, 3.05) is 62.3 Å². The van der Waals surface area contributed by atoms with Gasteiger partial charge in [0, 0.05) is 73.4 Å². The van der Waals surface area contributed by atoms with Crippen LogP contribution in [-0.2, 0) is 10.0 Å². The van der Waals surface area contributed by atoms with E-state index in [2.05, 4.69) is 25.7 Å². The zero-order valence-electron chi connectivity index (χ0n) is 20.7. The van der Waals surface area contributed by atoms with Gasteiger partial charge in [0.1, 0.15) is 0 Å². The Labute approximate surface area is 216 Å². The van der Waals surface area contributed by atoms with Crippen LogP contribution in [0.1, 0.15) is 0 Å². The number of benzene rings is 3. The first-order valence-corrected chi connectivity index (χ1v) is 14.1. The third kappa shape index (κ3) is 6.14. The number of rotatable bonds is 12. The molecule has 0 bridgehead atoms. The lowest BCUT2D eigenvalue weighted by Gasteiger charge is -2.17. The van der Waals surface area contributed by atoms with E-state index in [1.165, 1.54) is 11.3 Å². The zero-order valence-corrected chi connectivity index (χ0v) is 22.3. The summed E-state index contributed by atoms with van der Waals surface area (Å²) >= 11 is 1.53. The highest BCUT2D eigenvalue weighted by atomic mass is 32.2. The zero-order chi connectivity index (χ0) is 25.5. The molecule has 0 amide bonds. The number of sulfonamides is 1. The van der Waals surface area contributed by atoms with Gasteiger partial charge in [-0.2, -0.15) is 0 Å². The van der Waals surface area contributed by atoms with Crippen LogP contribution in [0.2, 0.25) is 0 Å². The van der Waals surface area contributed by atoms with Crippen molar-refractivity contribution in [2.24, 2.45) is 0 Å². The molecule has 4 aromatic rings. The molecule has 190 valence electrons. The normalized spacial score (nSPS) is 11.5. The molecule has 0 unspecified atom stereocenters. The summed E-state index contributed by atoms with van der Waals surface area (Å²) < 4.78 is 29.6. The Kier molecular flexibility index (Phi) is 8.42. The van der Waals surface area contributed by atoms with Crippen LogP contribution in [0, 0.1) is 0 Å². The topological polar surface area (TPSA) is 98.4 Å². The molecular formula is C26H32N6O2S2. The Morgan fingerprint density at radius 3 is 2.47 bits per heavy atom. The Morgan fingerprint density at radius 2 is 1.67 bits per heavy atom. The summed E-state index contributed by atoms with van der Waals surface area (Å²) in [4.78, 5) is 6.89. The van der Waals surface area contributed by atoms with Crippen molar-refractivity contribution in [1.29, 1.82) is 0 Å². The molecule has 36 heavy (non-hydrogen) atoms. The van der Waals surface area contributed by atoms with Gasteiger partial charge in [0.2, 0.25) is 0 Å². The molecule has 0 atom stereocenters. The maximum atomic E-state index is 13.4. The third-order valence-corrected chi connectivity index (χ3v) is 7.91. The standard InChI is InChI=1S/C26H32N6O2S2/c1-27-13-14-28-15-16-29-26-30-23(18-35-26)19-7-4-8-20(17-19)31-36(33,34)25-12-6-9-21-22(25)10-5-11-24(21)32(2)3/h4-12,17-18,27-28,31H,13-16H2,1-3H3,(H,29,30). The van der Waals surface area contributed by atoms with Gasteiger partial charge in [-0.1, -0.05) is 36.4 Å². The molecule has 10 heteroatoms. The molecular weight excluding hydrogens is 492 g/mol. The second-order valence-electron chi connectivity index (χ2n) is 8.53. The maximum absolute atomic E-state index is 13.4. The first kappa shape index (κ1) is 25.9. The van der Waals surface area contributed by atoms with Crippen LogP contribution in [0.3, 0.4) is 0 Å². The maximum Gasteiger partial charge on any atom is 0.262 e. The molecule has 0 saturated heterocycles. The van der Waals surface area contributed by atoms with E-state index < -0.39 is 10.0 Å². The van der Waals surface area contributed by atoms with E-state index in [0.29, 0.717) is 11.1 Å². The molecule has 4 rings (SSSR count). The summed E-state index contributed by atoms with van der Waals surface area (Å²) in [7, 11) is 2.02. The number of hydrogen-bond acceptors (Lipinski definition) is 8. The Balaban J connectivity index is 1.50. The van der Waals surface area contributed by atoms with Crippen molar-refractivity contribution in [1.82, 2.24) is 15.6 Å². The average Bonchev–Trinajstić information content (AvgIpc) is 3.34. The Bertz CT molecular complexity index is 1420. The van der Waals surface area contributed by atoms with Crippen LogP contribution in [0.4, 0.5) is 16.5 Å². The lowest BCUT2D eigenvalue weighted by molar-refractivity contribution is 0.602. The smallest absolute Gasteiger partial charge is 0.262 e. The molecule has 1 aromatic heterocycles. The van der Waals surface area contributed by atoms with Gasteiger partial charge in [-0.3, -0.25) is 4.72 Å². The summed E-state index contributed by atoms with van der Waals surface area (Å²) in [6.45, 7) is 3.47. The summed E-state index contributed by atoms with van der Waals surface area (Å²) in [6, 6.07) is 18.4. The van der Waals surface area contributed by atoms with E-state index >= 15 is 0 Å². The molecule has 4 N–H and O–H groups in total. The van der Waals surface area contributed by atoms with Gasteiger partial charge >= 0.3 is 0 Å². The van der Waals surface area contributed by atoms with E-state index in [4.69, 9.17) is 0 Å². The van der Waals surface area contributed by atoms with Crippen LogP contribution < -0.4 is 25.6 Å². The molecule has 3 aromatic carbocycles. The highest BCUT2D eigenvalue weighted by Crippen LogP contribution is 2.32. The van der Waals surface area contributed by atoms with Crippen molar-refractivity contribution in [3.05, 3.63) is 66.0 Å². The number of likely N-dealkylation sites (N-methyl/N-ethyl adjacent to an activating group) is 1. The lowest BCUT2D eigenvalue weighted by atomic mass is 10.1. The number of nitrogens with one attached hydrogen (secondary N) is 4. The largest absolute Gasteiger partial charge is 0.377 e. The minimum absolute atomic E-state index is 0.248. The van der Waals surface area contributed by atoms with Crippen LogP contribution in [0.25, 0.3) is 22.0 Å². The fourth-order valence-electron chi connectivity index (χ4n) is 3.92. The predicted molar refractivity (Wildman–Crippen MR) is 152 cm³/mol. The third-order valence-electron chi connectivity index (χ3n) is 5.67. The first-order valence-electron chi connectivity index (χ1n) is 11.8. The number of hydrogen-bond donors (Lipinski definition) is 4. The van der Waals surface area contributed by atoms with Crippen LogP contribution >= 0.6 is 11.3 Å².